The molecule has 0 aliphatic carbocycles. The quantitative estimate of drug-likeness (QED) is 0.906. The summed E-state index contributed by atoms with van der Waals surface area (Å²) in [6, 6.07) is 20.3. The lowest BCUT2D eigenvalue weighted by molar-refractivity contribution is -0.158. The molecule has 0 unspecified atom stereocenters. The van der Waals surface area contributed by atoms with E-state index in [4.69, 9.17) is 0 Å². The molecule has 140 valence electrons. The Balaban J connectivity index is 1.50. The molecule has 2 saturated heterocycles. The molecular weight excluding hydrogens is 338 g/mol. The third-order valence-electron chi connectivity index (χ3n) is 5.76. The van der Waals surface area contributed by atoms with Gasteiger partial charge in [-0.1, -0.05) is 60.7 Å². The van der Waals surface area contributed by atoms with Crippen molar-refractivity contribution < 1.29 is 9.59 Å². The minimum atomic E-state index is -0.724. The number of carbonyl (C=O) groups excluding carboxylic acids is 2. The average molecular weight is 363 g/mol. The van der Waals surface area contributed by atoms with Crippen molar-refractivity contribution in [1.82, 2.24) is 15.1 Å². The monoisotopic (exact) mass is 363 g/mol. The third-order valence-corrected chi connectivity index (χ3v) is 5.76. The van der Waals surface area contributed by atoms with E-state index < -0.39 is 5.54 Å². The maximum absolute atomic E-state index is 12.9. The topological polar surface area (TPSA) is 52.7 Å². The molecule has 0 atom stereocenters. The number of carbonyl (C=O) groups is 2. The van der Waals surface area contributed by atoms with Gasteiger partial charge in [0, 0.05) is 26.2 Å². The second kappa shape index (κ2) is 7.53. The van der Waals surface area contributed by atoms with Gasteiger partial charge in [0.25, 0.3) is 0 Å². The van der Waals surface area contributed by atoms with Gasteiger partial charge < -0.3 is 10.2 Å². The van der Waals surface area contributed by atoms with E-state index in [0.29, 0.717) is 19.4 Å². The number of piperazine rings is 1. The van der Waals surface area contributed by atoms with Gasteiger partial charge in [-0.3, -0.25) is 14.5 Å². The van der Waals surface area contributed by atoms with Crippen LogP contribution >= 0.6 is 0 Å². The van der Waals surface area contributed by atoms with Crippen molar-refractivity contribution in [3.05, 3.63) is 71.8 Å². The van der Waals surface area contributed by atoms with Gasteiger partial charge in [-0.15, -0.1) is 0 Å². The highest BCUT2D eigenvalue weighted by atomic mass is 16.2. The lowest BCUT2D eigenvalue weighted by Gasteiger charge is -2.50. The number of rotatable bonds is 4. The molecule has 0 saturated carbocycles. The molecule has 2 heterocycles. The van der Waals surface area contributed by atoms with E-state index in [9.17, 15) is 9.59 Å². The number of likely N-dealkylation sites (tertiary alicyclic amines) is 1. The standard InChI is InChI=1S/C22H25N3O2/c26-20-15-23-21(27)22(25(20)17-19-9-5-2-6-10-19)11-13-24(14-12-22)16-18-7-3-1-4-8-18/h1-10H,11-17H2,(H,23,27). The lowest BCUT2D eigenvalue weighted by Crippen LogP contribution is -2.69. The third kappa shape index (κ3) is 3.60. The molecule has 27 heavy (non-hydrogen) atoms. The van der Waals surface area contributed by atoms with Crippen LogP contribution in [0.25, 0.3) is 0 Å². The minimum Gasteiger partial charge on any atom is -0.345 e. The van der Waals surface area contributed by atoms with E-state index in [1.807, 2.05) is 41.3 Å². The van der Waals surface area contributed by atoms with Crippen LogP contribution in [-0.4, -0.2) is 46.8 Å². The largest absolute Gasteiger partial charge is 0.345 e. The summed E-state index contributed by atoms with van der Waals surface area (Å²) in [7, 11) is 0. The SMILES string of the molecule is O=C1CNC(=O)C2(CCN(Cc3ccccc3)CC2)N1Cc1ccccc1. The van der Waals surface area contributed by atoms with Crippen LogP contribution in [0.3, 0.4) is 0 Å². The first-order chi connectivity index (χ1) is 13.2. The van der Waals surface area contributed by atoms with Gasteiger partial charge in [-0.05, 0) is 24.0 Å². The molecule has 4 rings (SSSR count). The van der Waals surface area contributed by atoms with Crippen LogP contribution in [0.1, 0.15) is 24.0 Å². The Bertz CT molecular complexity index is 799. The van der Waals surface area contributed by atoms with Gasteiger partial charge in [0.15, 0.2) is 0 Å². The van der Waals surface area contributed by atoms with Crippen LogP contribution in [-0.2, 0) is 22.7 Å². The van der Waals surface area contributed by atoms with Crippen molar-refractivity contribution in [3.8, 4) is 0 Å². The number of nitrogens with zero attached hydrogens (tertiary/aromatic N) is 2. The zero-order valence-electron chi connectivity index (χ0n) is 15.4. The van der Waals surface area contributed by atoms with Gasteiger partial charge in [-0.2, -0.15) is 0 Å². The van der Waals surface area contributed by atoms with Crippen LogP contribution in [0.2, 0.25) is 0 Å². The first kappa shape index (κ1) is 17.7. The number of hydrogen-bond acceptors (Lipinski definition) is 3. The molecule has 0 aromatic heterocycles. The fraction of sp³-hybridized carbons (Fsp3) is 0.364. The summed E-state index contributed by atoms with van der Waals surface area (Å²) in [5.41, 5.74) is 1.61. The molecular formula is C22H25N3O2. The number of amides is 2. The number of hydrogen-bond donors (Lipinski definition) is 1. The molecule has 0 bridgehead atoms. The van der Waals surface area contributed by atoms with Gasteiger partial charge in [0.1, 0.15) is 5.54 Å². The summed E-state index contributed by atoms with van der Waals surface area (Å²) in [5.74, 6) is 0.00681. The molecule has 1 spiro atoms. The van der Waals surface area contributed by atoms with E-state index in [-0.39, 0.29) is 18.4 Å². The van der Waals surface area contributed by atoms with Crippen molar-refractivity contribution in [1.29, 1.82) is 0 Å². The second-order valence-corrected chi connectivity index (χ2v) is 7.44. The van der Waals surface area contributed by atoms with Crippen molar-refractivity contribution in [2.75, 3.05) is 19.6 Å². The minimum absolute atomic E-state index is 0.00241. The zero-order chi connectivity index (χ0) is 18.7. The molecule has 2 aliphatic heterocycles. The number of benzene rings is 2. The van der Waals surface area contributed by atoms with Gasteiger partial charge in [-0.25, -0.2) is 0 Å². The highest BCUT2D eigenvalue weighted by Crippen LogP contribution is 2.33. The molecule has 1 N–H and O–H groups in total. The lowest BCUT2D eigenvalue weighted by atomic mass is 9.82. The molecule has 0 radical (unpaired) electrons. The Labute approximate surface area is 160 Å². The van der Waals surface area contributed by atoms with Crippen molar-refractivity contribution in [3.63, 3.8) is 0 Å². The molecule has 2 aromatic rings. The summed E-state index contributed by atoms with van der Waals surface area (Å²) in [4.78, 5) is 29.7. The fourth-order valence-corrected chi connectivity index (χ4v) is 4.20. The smallest absolute Gasteiger partial charge is 0.246 e. The summed E-state index contributed by atoms with van der Waals surface area (Å²) in [6.45, 7) is 3.08. The van der Waals surface area contributed by atoms with Crippen LogP contribution in [0.5, 0.6) is 0 Å². The summed E-state index contributed by atoms with van der Waals surface area (Å²) < 4.78 is 0. The Hall–Kier alpha value is -2.66. The summed E-state index contributed by atoms with van der Waals surface area (Å²) in [5, 5.41) is 2.82. The average Bonchev–Trinajstić information content (AvgIpc) is 2.71. The van der Waals surface area contributed by atoms with Gasteiger partial charge in [0.05, 0.1) is 6.54 Å². The van der Waals surface area contributed by atoms with Crippen LogP contribution in [0.15, 0.2) is 60.7 Å². The van der Waals surface area contributed by atoms with Crippen LogP contribution in [0, 0.1) is 0 Å². The Morgan fingerprint density at radius 3 is 1.96 bits per heavy atom. The number of nitrogens with one attached hydrogen (secondary N) is 1. The summed E-state index contributed by atoms with van der Waals surface area (Å²) in [6.07, 6.45) is 1.34. The van der Waals surface area contributed by atoms with Gasteiger partial charge in [0.2, 0.25) is 11.8 Å². The van der Waals surface area contributed by atoms with E-state index in [1.54, 1.807) is 0 Å². The van der Waals surface area contributed by atoms with Crippen molar-refractivity contribution >= 4 is 11.8 Å². The van der Waals surface area contributed by atoms with Crippen molar-refractivity contribution in [2.24, 2.45) is 0 Å². The normalized spacial score (nSPS) is 19.9. The highest BCUT2D eigenvalue weighted by Gasteiger charge is 2.50. The molecule has 2 aromatic carbocycles. The maximum atomic E-state index is 12.9. The molecule has 2 aliphatic rings. The Kier molecular flexibility index (Phi) is 4.94. The highest BCUT2D eigenvalue weighted by molar-refractivity contribution is 5.98. The predicted molar refractivity (Wildman–Crippen MR) is 104 cm³/mol. The fourth-order valence-electron chi connectivity index (χ4n) is 4.20. The summed E-state index contributed by atoms with van der Waals surface area (Å²) >= 11 is 0. The Morgan fingerprint density at radius 1 is 0.815 bits per heavy atom. The first-order valence-electron chi connectivity index (χ1n) is 9.56. The molecule has 5 nitrogen and oxygen atoms in total. The maximum Gasteiger partial charge on any atom is 0.246 e. The zero-order valence-corrected chi connectivity index (χ0v) is 15.4. The molecule has 5 heteroatoms. The first-order valence-corrected chi connectivity index (χ1v) is 9.56. The molecule has 2 amide bonds. The van der Waals surface area contributed by atoms with Crippen molar-refractivity contribution in [2.45, 2.75) is 31.5 Å². The van der Waals surface area contributed by atoms with E-state index in [0.717, 1.165) is 25.2 Å². The Morgan fingerprint density at radius 2 is 1.37 bits per heavy atom. The predicted octanol–water partition coefficient (Wildman–Crippen LogP) is 2.18. The number of piperidine rings is 1. The van der Waals surface area contributed by atoms with E-state index >= 15 is 0 Å². The van der Waals surface area contributed by atoms with E-state index in [2.05, 4.69) is 34.5 Å². The van der Waals surface area contributed by atoms with E-state index in [1.165, 1.54) is 5.56 Å². The van der Waals surface area contributed by atoms with Crippen LogP contribution < -0.4 is 5.32 Å². The molecule has 2 fully saturated rings. The van der Waals surface area contributed by atoms with Crippen LogP contribution in [0.4, 0.5) is 0 Å². The second-order valence-electron chi connectivity index (χ2n) is 7.44. The van der Waals surface area contributed by atoms with Gasteiger partial charge >= 0.3 is 0 Å².